The lowest BCUT2D eigenvalue weighted by Crippen LogP contribution is -2.27. The number of aromatic nitrogens is 1. The molecule has 7 heteroatoms. The summed E-state index contributed by atoms with van der Waals surface area (Å²) in [5.74, 6) is -0.0750. The number of hydrogen-bond acceptors (Lipinski definition) is 5. The van der Waals surface area contributed by atoms with E-state index in [9.17, 15) is 10.1 Å². The van der Waals surface area contributed by atoms with E-state index < -0.39 is 0 Å². The molecule has 0 atom stereocenters. The lowest BCUT2D eigenvalue weighted by atomic mass is 9.96. The first-order valence-corrected chi connectivity index (χ1v) is 11.6. The molecule has 2 aromatic rings. The molecular formula is C22H21N3OS3. The Labute approximate surface area is 184 Å². The fourth-order valence-corrected chi connectivity index (χ4v) is 6.71. The predicted octanol–water partition coefficient (Wildman–Crippen LogP) is 5.29. The van der Waals surface area contributed by atoms with Crippen molar-refractivity contribution in [2.45, 2.75) is 39.5 Å². The number of hydrogen-bond donors (Lipinski definition) is 0. The number of rotatable bonds is 4. The van der Waals surface area contributed by atoms with Gasteiger partial charge >= 0.3 is 0 Å². The van der Waals surface area contributed by atoms with Crippen LogP contribution in [0.15, 0.2) is 23.6 Å². The fraction of sp³-hybridized carbons (Fsp3) is 0.318. The molecular weight excluding hydrogens is 418 g/mol. The molecule has 0 aromatic carbocycles. The number of thiocarbonyl (C=S) groups is 1. The SMILES string of the molecule is C=CCN1C(=O)C(=Cc2cc(C)n(-c3sc4c(c3C#N)CCCC4)c2C)SC1=S. The molecule has 148 valence electrons. The zero-order valence-electron chi connectivity index (χ0n) is 16.4. The van der Waals surface area contributed by atoms with Crippen molar-refractivity contribution < 1.29 is 4.79 Å². The van der Waals surface area contributed by atoms with Crippen molar-refractivity contribution >= 4 is 51.6 Å². The van der Waals surface area contributed by atoms with Crippen molar-refractivity contribution in [3.63, 3.8) is 0 Å². The Morgan fingerprint density at radius 1 is 1.34 bits per heavy atom. The maximum Gasteiger partial charge on any atom is 0.266 e. The monoisotopic (exact) mass is 439 g/mol. The third-order valence-electron chi connectivity index (χ3n) is 5.41. The largest absolute Gasteiger partial charge is 0.308 e. The summed E-state index contributed by atoms with van der Waals surface area (Å²) in [7, 11) is 0. The molecule has 4 nitrogen and oxygen atoms in total. The van der Waals surface area contributed by atoms with Gasteiger partial charge in [0.1, 0.15) is 15.4 Å². The van der Waals surface area contributed by atoms with Crippen LogP contribution in [0.3, 0.4) is 0 Å². The van der Waals surface area contributed by atoms with E-state index in [0.717, 1.165) is 46.8 Å². The van der Waals surface area contributed by atoms with Crippen molar-refractivity contribution in [3.05, 3.63) is 56.6 Å². The van der Waals surface area contributed by atoms with Crippen molar-refractivity contribution in [2.75, 3.05) is 6.54 Å². The average molecular weight is 440 g/mol. The predicted molar refractivity (Wildman–Crippen MR) is 125 cm³/mol. The van der Waals surface area contributed by atoms with Crippen LogP contribution in [0.2, 0.25) is 0 Å². The number of carbonyl (C=O) groups is 1. The van der Waals surface area contributed by atoms with Crippen LogP contribution in [0.1, 0.15) is 45.8 Å². The van der Waals surface area contributed by atoms with E-state index in [0.29, 0.717) is 15.8 Å². The van der Waals surface area contributed by atoms with Crippen LogP contribution in [0.25, 0.3) is 11.1 Å². The zero-order valence-corrected chi connectivity index (χ0v) is 18.9. The third-order valence-corrected chi connectivity index (χ3v) is 8.06. The molecule has 29 heavy (non-hydrogen) atoms. The van der Waals surface area contributed by atoms with Gasteiger partial charge in [-0.15, -0.1) is 17.9 Å². The topological polar surface area (TPSA) is 49.0 Å². The molecule has 0 unspecified atom stereocenters. The van der Waals surface area contributed by atoms with Gasteiger partial charge in [-0.3, -0.25) is 9.69 Å². The van der Waals surface area contributed by atoms with Crippen molar-refractivity contribution in [1.29, 1.82) is 5.26 Å². The van der Waals surface area contributed by atoms with Gasteiger partial charge in [0.05, 0.1) is 10.5 Å². The molecule has 1 amide bonds. The highest BCUT2D eigenvalue weighted by atomic mass is 32.2. The van der Waals surface area contributed by atoms with Crippen LogP contribution >= 0.6 is 35.3 Å². The smallest absolute Gasteiger partial charge is 0.266 e. The standard InChI is InChI=1S/C22H21N3OS3/c1-4-9-24-20(26)19(29-22(24)27)11-15-10-13(2)25(14(15)3)21-17(12-23)16-7-5-6-8-18(16)28-21/h4,10-11H,1,5-9H2,2-3H3. The van der Waals surface area contributed by atoms with Gasteiger partial charge in [-0.25, -0.2) is 0 Å². The molecule has 4 rings (SSSR count). The van der Waals surface area contributed by atoms with Gasteiger partial charge in [-0.05, 0) is 62.8 Å². The highest BCUT2D eigenvalue weighted by Gasteiger charge is 2.31. The van der Waals surface area contributed by atoms with Gasteiger partial charge in [-0.1, -0.05) is 30.1 Å². The Kier molecular flexibility index (Phi) is 5.52. The first kappa shape index (κ1) is 20.1. The maximum atomic E-state index is 12.7. The van der Waals surface area contributed by atoms with E-state index in [1.54, 1.807) is 22.3 Å². The summed E-state index contributed by atoms with van der Waals surface area (Å²) in [6.45, 7) is 8.22. The van der Waals surface area contributed by atoms with Gasteiger partial charge in [0.25, 0.3) is 5.91 Å². The summed E-state index contributed by atoms with van der Waals surface area (Å²) in [5, 5.41) is 10.8. The Bertz CT molecular complexity index is 1110. The van der Waals surface area contributed by atoms with Gasteiger partial charge < -0.3 is 4.57 Å². The van der Waals surface area contributed by atoms with Crippen molar-refractivity contribution in [2.24, 2.45) is 0 Å². The number of thioether (sulfide) groups is 1. The summed E-state index contributed by atoms with van der Waals surface area (Å²) >= 11 is 8.41. The van der Waals surface area contributed by atoms with Gasteiger partial charge in [-0.2, -0.15) is 5.26 Å². The second kappa shape index (κ2) is 7.94. The number of thiophene rings is 1. The molecule has 1 aliphatic heterocycles. The third kappa shape index (κ3) is 3.39. The number of carbonyl (C=O) groups excluding carboxylic acids is 1. The normalized spacial score (nSPS) is 17.7. The molecule has 1 saturated heterocycles. The second-order valence-corrected chi connectivity index (χ2v) is 10.0. The average Bonchev–Trinajstić information content (AvgIpc) is 3.29. The minimum absolute atomic E-state index is 0.0750. The first-order valence-electron chi connectivity index (χ1n) is 9.56. The van der Waals surface area contributed by atoms with E-state index in [4.69, 9.17) is 12.2 Å². The van der Waals surface area contributed by atoms with E-state index in [2.05, 4.69) is 23.3 Å². The highest BCUT2D eigenvalue weighted by Crippen LogP contribution is 2.39. The van der Waals surface area contributed by atoms with Crippen LogP contribution in [-0.4, -0.2) is 26.2 Å². The lowest BCUT2D eigenvalue weighted by Gasteiger charge is -2.10. The maximum absolute atomic E-state index is 12.7. The number of nitrogens with zero attached hydrogens (tertiary/aromatic N) is 3. The Hall–Kier alpha value is -2.14. The molecule has 0 N–H and O–H groups in total. The van der Waals surface area contributed by atoms with Crippen LogP contribution in [0, 0.1) is 25.2 Å². The molecule has 0 radical (unpaired) electrons. The van der Waals surface area contributed by atoms with Gasteiger partial charge in [0.2, 0.25) is 0 Å². The summed E-state index contributed by atoms with van der Waals surface area (Å²) in [6, 6.07) is 4.53. The zero-order chi connectivity index (χ0) is 20.7. The van der Waals surface area contributed by atoms with E-state index in [-0.39, 0.29) is 5.91 Å². The van der Waals surface area contributed by atoms with Gasteiger partial charge in [0, 0.05) is 22.8 Å². The Morgan fingerprint density at radius 2 is 2.10 bits per heavy atom. The summed E-state index contributed by atoms with van der Waals surface area (Å²) in [6.07, 6.45) is 8.00. The van der Waals surface area contributed by atoms with Crippen LogP contribution in [0.4, 0.5) is 0 Å². The lowest BCUT2D eigenvalue weighted by molar-refractivity contribution is -0.121. The number of aryl methyl sites for hydroxylation is 2. The summed E-state index contributed by atoms with van der Waals surface area (Å²) in [5.41, 5.74) is 5.13. The Morgan fingerprint density at radius 3 is 2.83 bits per heavy atom. The minimum Gasteiger partial charge on any atom is -0.308 e. The van der Waals surface area contributed by atoms with Crippen LogP contribution < -0.4 is 0 Å². The molecule has 2 aromatic heterocycles. The first-order chi connectivity index (χ1) is 14.0. The summed E-state index contributed by atoms with van der Waals surface area (Å²) in [4.78, 5) is 16.2. The van der Waals surface area contributed by atoms with E-state index in [1.165, 1.54) is 28.6 Å². The molecule has 0 spiro atoms. The fourth-order valence-electron chi connectivity index (χ4n) is 4.00. The molecule has 1 fully saturated rings. The molecule has 0 saturated carbocycles. The summed E-state index contributed by atoms with van der Waals surface area (Å²) < 4.78 is 2.73. The van der Waals surface area contributed by atoms with E-state index in [1.807, 2.05) is 19.9 Å². The Balaban J connectivity index is 1.77. The molecule has 1 aliphatic carbocycles. The minimum atomic E-state index is -0.0750. The number of fused-ring (bicyclic) bond motifs is 1. The number of nitriles is 1. The van der Waals surface area contributed by atoms with Crippen LogP contribution in [-0.2, 0) is 17.6 Å². The van der Waals surface area contributed by atoms with Crippen molar-refractivity contribution in [1.82, 2.24) is 9.47 Å². The van der Waals surface area contributed by atoms with E-state index >= 15 is 0 Å². The molecule has 3 heterocycles. The molecule has 2 aliphatic rings. The highest BCUT2D eigenvalue weighted by molar-refractivity contribution is 8.26. The second-order valence-electron chi connectivity index (χ2n) is 7.25. The van der Waals surface area contributed by atoms with Crippen molar-refractivity contribution in [3.8, 4) is 11.1 Å². The molecule has 0 bridgehead atoms. The quantitative estimate of drug-likeness (QED) is 0.369. The number of amides is 1. The van der Waals surface area contributed by atoms with Crippen LogP contribution in [0.5, 0.6) is 0 Å². The van der Waals surface area contributed by atoms with Gasteiger partial charge in [0.15, 0.2) is 0 Å².